The van der Waals surface area contributed by atoms with Crippen LogP contribution in [0.2, 0.25) is 0 Å². The summed E-state index contributed by atoms with van der Waals surface area (Å²) in [7, 11) is 0. The number of hydrogen-bond acceptors (Lipinski definition) is 2. The van der Waals surface area contributed by atoms with Crippen LogP contribution in [-0.2, 0) is 13.2 Å². The van der Waals surface area contributed by atoms with E-state index in [1.807, 2.05) is 49.4 Å². The van der Waals surface area contributed by atoms with Crippen molar-refractivity contribution in [2.75, 3.05) is 0 Å². The Balaban J connectivity index is 1.79. The summed E-state index contributed by atoms with van der Waals surface area (Å²) in [5.41, 5.74) is 4.62. The second-order valence-electron chi connectivity index (χ2n) is 6.18. The minimum atomic E-state index is 0.515. The van der Waals surface area contributed by atoms with Gasteiger partial charge >= 0.3 is 0 Å². The summed E-state index contributed by atoms with van der Waals surface area (Å²) in [5.74, 6) is 1.53. The van der Waals surface area contributed by atoms with E-state index < -0.39 is 0 Å². The molecule has 0 amide bonds. The maximum atomic E-state index is 6.09. The monoisotopic (exact) mass is 344 g/mol. The molecule has 0 aliphatic rings. The van der Waals surface area contributed by atoms with Crippen molar-refractivity contribution in [3.8, 4) is 11.5 Å². The van der Waals surface area contributed by atoms with E-state index in [1.54, 1.807) is 0 Å². The van der Waals surface area contributed by atoms with Gasteiger partial charge in [-0.3, -0.25) is 0 Å². The summed E-state index contributed by atoms with van der Waals surface area (Å²) in [6.07, 6.45) is 2.10. The van der Waals surface area contributed by atoms with Crippen LogP contribution in [0.5, 0.6) is 11.5 Å². The average molecular weight is 344 g/mol. The first-order chi connectivity index (χ1) is 12.8. The van der Waals surface area contributed by atoms with Gasteiger partial charge in [0.05, 0.1) is 0 Å². The van der Waals surface area contributed by atoms with Crippen molar-refractivity contribution in [1.82, 2.24) is 0 Å². The Morgan fingerprint density at radius 3 is 1.81 bits per heavy atom. The Hall–Kier alpha value is -3.00. The molecule has 0 unspecified atom stereocenters. The molecule has 0 radical (unpaired) electrons. The summed E-state index contributed by atoms with van der Waals surface area (Å²) in [4.78, 5) is 0. The van der Waals surface area contributed by atoms with Gasteiger partial charge in [-0.2, -0.15) is 0 Å². The van der Waals surface area contributed by atoms with Crippen LogP contribution in [0.25, 0.3) is 5.57 Å². The highest BCUT2D eigenvalue weighted by molar-refractivity contribution is 5.66. The van der Waals surface area contributed by atoms with Crippen molar-refractivity contribution in [2.24, 2.45) is 0 Å². The van der Waals surface area contributed by atoms with Crippen LogP contribution in [0.15, 0.2) is 84.9 Å². The number of ether oxygens (including phenoxy) is 2. The second kappa shape index (κ2) is 8.91. The molecule has 0 aromatic heterocycles. The fraction of sp³-hybridized carbons (Fsp3) is 0.167. The summed E-state index contributed by atoms with van der Waals surface area (Å²) in [6.45, 7) is 5.17. The SMILES string of the molecule is C/C=C(/C)c1ccc(OCc2ccccc2)c(OCc2ccccc2)c1. The van der Waals surface area contributed by atoms with Crippen molar-refractivity contribution in [3.05, 3.63) is 102 Å². The highest BCUT2D eigenvalue weighted by Crippen LogP contribution is 2.32. The van der Waals surface area contributed by atoms with Gasteiger partial charge in [0.15, 0.2) is 11.5 Å². The number of allylic oxidation sites excluding steroid dienone is 2. The maximum absolute atomic E-state index is 6.09. The molecule has 3 aromatic rings. The van der Waals surface area contributed by atoms with Crippen LogP contribution >= 0.6 is 0 Å². The van der Waals surface area contributed by atoms with Crippen molar-refractivity contribution >= 4 is 5.57 Å². The number of hydrogen-bond donors (Lipinski definition) is 0. The van der Waals surface area contributed by atoms with Crippen LogP contribution in [-0.4, -0.2) is 0 Å². The molecule has 0 saturated heterocycles. The van der Waals surface area contributed by atoms with Gasteiger partial charge in [-0.15, -0.1) is 0 Å². The smallest absolute Gasteiger partial charge is 0.162 e. The lowest BCUT2D eigenvalue weighted by Gasteiger charge is -2.15. The van der Waals surface area contributed by atoms with Gasteiger partial charge < -0.3 is 9.47 Å². The maximum Gasteiger partial charge on any atom is 0.162 e. The van der Waals surface area contributed by atoms with Gasteiger partial charge in [0.2, 0.25) is 0 Å². The first kappa shape index (κ1) is 17.8. The minimum Gasteiger partial charge on any atom is -0.485 e. The van der Waals surface area contributed by atoms with Gasteiger partial charge in [0.1, 0.15) is 13.2 Å². The van der Waals surface area contributed by atoms with E-state index in [4.69, 9.17) is 9.47 Å². The van der Waals surface area contributed by atoms with E-state index in [0.717, 1.165) is 28.2 Å². The molecule has 3 aromatic carbocycles. The summed E-state index contributed by atoms with van der Waals surface area (Å²) >= 11 is 0. The highest BCUT2D eigenvalue weighted by Gasteiger charge is 2.09. The topological polar surface area (TPSA) is 18.5 Å². The Kier molecular flexibility index (Phi) is 6.10. The predicted octanol–water partition coefficient (Wildman–Crippen LogP) is 6.27. The molecule has 0 aliphatic heterocycles. The van der Waals surface area contributed by atoms with Gasteiger partial charge in [-0.1, -0.05) is 72.8 Å². The van der Waals surface area contributed by atoms with Crippen molar-refractivity contribution < 1.29 is 9.47 Å². The molecule has 0 fully saturated rings. The highest BCUT2D eigenvalue weighted by atomic mass is 16.5. The van der Waals surface area contributed by atoms with E-state index in [9.17, 15) is 0 Å². The molecule has 2 heteroatoms. The van der Waals surface area contributed by atoms with Crippen LogP contribution in [0, 0.1) is 0 Å². The molecule has 0 aliphatic carbocycles. The van der Waals surface area contributed by atoms with E-state index >= 15 is 0 Å². The van der Waals surface area contributed by atoms with Gasteiger partial charge in [-0.05, 0) is 48.2 Å². The number of rotatable bonds is 7. The molecule has 26 heavy (non-hydrogen) atoms. The summed E-state index contributed by atoms with van der Waals surface area (Å²) in [6, 6.07) is 26.4. The zero-order chi connectivity index (χ0) is 18.2. The van der Waals surface area contributed by atoms with Crippen molar-refractivity contribution in [2.45, 2.75) is 27.1 Å². The first-order valence-corrected chi connectivity index (χ1v) is 8.87. The molecule has 0 bridgehead atoms. The molecule has 3 rings (SSSR count). The zero-order valence-corrected chi connectivity index (χ0v) is 15.3. The number of benzene rings is 3. The largest absolute Gasteiger partial charge is 0.485 e. The van der Waals surface area contributed by atoms with Crippen LogP contribution < -0.4 is 9.47 Å². The fourth-order valence-electron chi connectivity index (χ4n) is 2.62. The Bertz CT molecular complexity index is 852. The molecule has 0 heterocycles. The predicted molar refractivity (Wildman–Crippen MR) is 107 cm³/mol. The molecule has 0 spiro atoms. The molecule has 0 N–H and O–H groups in total. The fourth-order valence-corrected chi connectivity index (χ4v) is 2.62. The van der Waals surface area contributed by atoms with Gasteiger partial charge in [-0.25, -0.2) is 0 Å². The summed E-state index contributed by atoms with van der Waals surface area (Å²) < 4.78 is 12.1. The Labute approximate surface area is 155 Å². The third-order valence-corrected chi connectivity index (χ3v) is 4.31. The van der Waals surface area contributed by atoms with E-state index in [0.29, 0.717) is 13.2 Å². The third kappa shape index (κ3) is 4.76. The van der Waals surface area contributed by atoms with Crippen LogP contribution in [0.3, 0.4) is 0 Å². The van der Waals surface area contributed by atoms with E-state index in [1.165, 1.54) is 5.57 Å². The van der Waals surface area contributed by atoms with E-state index in [-0.39, 0.29) is 0 Å². The van der Waals surface area contributed by atoms with Gasteiger partial charge in [0, 0.05) is 0 Å². The quantitative estimate of drug-likeness (QED) is 0.503. The molecule has 132 valence electrons. The van der Waals surface area contributed by atoms with Crippen LogP contribution in [0.4, 0.5) is 0 Å². The molecular weight excluding hydrogens is 320 g/mol. The summed E-state index contributed by atoms with van der Waals surface area (Å²) in [5, 5.41) is 0. The third-order valence-electron chi connectivity index (χ3n) is 4.31. The van der Waals surface area contributed by atoms with Crippen molar-refractivity contribution in [1.29, 1.82) is 0 Å². The second-order valence-corrected chi connectivity index (χ2v) is 6.18. The minimum absolute atomic E-state index is 0.515. The van der Waals surface area contributed by atoms with Crippen LogP contribution in [0.1, 0.15) is 30.5 Å². The molecule has 0 saturated carbocycles. The lowest BCUT2D eigenvalue weighted by Crippen LogP contribution is -2.01. The van der Waals surface area contributed by atoms with E-state index in [2.05, 4.69) is 49.4 Å². The lowest BCUT2D eigenvalue weighted by molar-refractivity contribution is 0.256. The zero-order valence-electron chi connectivity index (χ0n) is 15.3. The Morgan fingerprint density at radius 2 is 1.27 bits per heavy atom. The lowest BCUT2D eigenvalue weighted by atomic mass is 10.1. The standard InChI is InChI=1S/C24H24O2/c1-3-19(2)22-14-15-23(25-17-20-10-6-4-7-11-20)24(16-22)26-18-21-12-8-5-9-13-21/h3-16H,17-18H2,1-2H3/b19-3-. The molecule has 0 atom stereocenters. The molecule has 2 nitrogen and oxygen atoms in total. The van der Waals surface area contributed by atoms with Gasteiger partial charge in [0.25, 0.3) is 0 Å². The first-order valence-electron chi connectivity index (χ1n) is 8.87. The normalized spacial score (nSPS) is 11.2. The average Bonchev–Trinajstić information content (AvgIpc) is 2.72. The Morgan fingerprint density at radius 1 is 0.731 bits per heavy atom. The molecular formula is C24H24O2. The van der Waals surface area contributed by atoms with Crippen molar-refractivity contribution in [3.63, 3.8) is 0 Å².